The van der Waals surface area contributed by atoms with Crippen LogP contribution >= 0.6 is 0 Å². The standard InChI is InChI=1S/C8H15BO3/c10-9(11)12-7-6-8-4-2-1-3-5-8/h6-8,10-11H,1-5H2. The molecule has 1 fully saturated rings. The lowest BCUT2D eigenvalue weighted by atomic mass is 9.89. The van der Waals surface area contributed by atoms with Crippen molar-refractivity contribution in [2.75, 3.05) is 0 Å². The van der Waals surface area contributed by atoms with E-state index in [9.17, 15) is 0 Å². The summed E-state index contributed by atoms with van der Waals surface area (Å²) in [5.41, 5.74) is 0. The topological polar surface area (TPSA) is 49.7 Å². The van der Waals surface area contributed by atoms with E-state index in [0.29, 0.717) is 5.92 Å². The minimum Gasteiger partial charge on any atom is -0.519 e. The van der Waals surface area contributed by atoms with Crippen LogP contribution in [0.4, 0.5) is 0 Å². The molecule has 0 amide bonds. The molecule has 1 saturated carbocycles. The van der Waals surface area contributed by atoms with Crippen LogP contribution in [0.25, 0.3) is 0 Å². The maximum absolute atomic E-state index is 8.36. The molecule has 12 heavy (non-hydrogen) atoms. The summed E-state index contributed by atoms with van der Waals surface area (Å²) in [6.45, 7) is 0. The lowest BCUT2D eigenvalue weighted by Gasteiger charge is -2.17. The van der Waals surface area contributed by atoms with E-state index in [4.69, 9.17) is 10.0 Å². The van der Waals surface area contributed by atoms with Gasteiger partial charge in [0.25, 0.3) is 0 Å². The van der Waals surface area contributed by atoms with E-state index in [-0.39, 0.29) is 0 Å². The number of hydrogen-bond donors (Lipinski definition) is 2. The molecule has 0 aliphatic heterocycles. The van der Waals surface area contributed by atoms with Gasteiger partial charge < -0.3 is 14.7 Å². The van der Waals surface area contributed by atoms with Crippen molar-refractivity contribution in [2.24, 2.45) is 5.92 Å². The Morgan fingerprint density at radius 1 is 1.17 bits per heavy atom. The first-order valence-electron chi connectivity index (χ1n) is 4.47. The molecule has 0 aromatic carbocycles. The molecule has 4 heteroatoms. The number of allylic oxidation sites excluding steroid dienone is 1. The smallest absolute Gasteiger partial charge is 0.519 e. The zero-order valence-corrected chi connectivity index (χ0v) is 7.15. The van der Waals surface area contributed by atoms with Crippen molar-refractivity contribution in [3.8, 4) is 0 Å². The van der Waals surface area contributed by atoms with E-state index in [0.717, 1.165) is 0 Å². The fraction of sp³-hybridized carbons (Fsp3) is 0.750. The molecule has 2 N–H and O–H groups in total. The highest BCUT2D eigenvalue weighted by molar-refractivity contribution is 6.32. The second-order valence-electron chi connectivity index (χ2n) is 3.19. The summed E-state index contributed by atoms with van der Waals surface area (Å²) in [7, 11) is -1.68. The van der Waals surface area contributed by atoms with Crippen LogP contribution in [0.5, 0.6) is 0 Å². The fourth-order valence-electron chi connectivity index (χ4n) is 1.55. The Morgan fingerprint density at radius 3 is 2.42 bits per heavy atom. The predicted molar refractivity (Wildman–Crippen MR) is 47.0 cm³/mol. The van der Waals surface area contributed by atoms with Gasteiger partial charge in [-0.15, -0.1) is 0 Å². The van der Waals surface area contributed by atoms with E-state index < -0.39 is 7.32 Å². The van der Waals surface area contributed by atoms with Crippen molar-refractivity contribution in [3.63, 3.8) is 0 Å². The van der Waals surface area contributed by atoms with Crippen LogP contribution in [-0.4, -0.2) is 17.4 Å². The fourth-order valence-corrected chi connectivity index (χ4v) is 1.55. The molecule has 0 unspecified atom stereocenters. The minimum absolute atomic E-state index is 0.567. The Morgan fingerprint density at radius 2 is 1.83 bits per heavy atom. The van der Waals surface area contributed by atoms with Crippen LogP contribution in [0.1, 0.15) is 32.1 Å². The second-order valence-corrected chi connectivity index (χ2v) is 3.19. The Hall–Kier alpha value is -0.475. The zero-order chi connectivity index (χ0) is 8.81. The molecular formula is C8H15BO3. The summed E-state index contributed by atoms with van der Waals surface area (Å²) in [5.74, 6) is 0.567. The van der Waals surface area contributed by atoms with Gasteiger partial charge in [0.15, 0.2) is 0 Å². The first-order valence-corrected chi connectivity index (χ1v) is 4.47. The molecule has 1 aliphatic carbocycles. The van der Waals surface area contributed by atoms with Gasteiger partial charge in [0.1, 0.15) is 0 Å². The van der Waals surface area contributed by atoms with Gasteiger partial charge in [0.05, 0.1) is 6.26 Å². The molecule has 0 aromatic rings. The van der Waals surface area contributed by atoms with E-state index in [1.807, 2.05) is 6.08 Å². The molecule has 1 aliphatic rings. The Labute approximate surface area is 73.2 Å². The second kappa shape index (κ2) is 5.22. The van der Waals surface area contributed by atoms with Gasteiger partial charge >= 0.3 is 7.32 Å². The highest BCUT2D eigenvalue weighted by Gasteiger charge is 2.11. The molecule has 0 saturated heterocycles. The largest absolute Gasteiger partial charge is 0.707 e. The molecule has 0 heterocycles. The summed E-state index contributed by atoms with van der Waals surface area (Å²) in [6.07, 6.45) is 9.57. The number of hydrogen-bond acceptors (Lipinski definition) is 3. The van der Waals surface area contributed by atoms with Crippen molar-refractivity contribution >= 4 is 7.32 Å². The zero-order valence-electron chi connectivity index (χ0n) is 7.15. The van der Waals surface area contributed by atoms with Crippen molar-refractivity contribution in [2.45, 2.75) is 32.1 Å². The van der Waals surface area contributed by atoms with Gasteiger partial charge in [-0.05, 0) is 24.8 Å². The predicted octanol–water partition coefficient (Wildman–Crippen LogP) is 1.07. The van der Waals surface area contributed by atoms with Crippen LogP contribution < -0.4 is 0 Å². The van der Waals surface area contributed by atoms with E-state index in [2.05, 4.69) is 4.65 Å². The molecule has 0 bridgehead atoms. The molecule has 0 atom stereocenters. The van der Waals surface area contributed by atoms with Crippen LogP contribution in [0, 0.1) is 5.92 Å². The number of rotatable bonds is 3. The van der Waals surface area contributed by atoms with Gasteiger partial charge in [-0.3, -0.25) is 0 Å². The third kappa shape index (κ3) is 3.78. The molecular weight excluding hydrogens is 155 g/mol. The molecule has 0 radical (unpaired) electrons. The maximum Gasteiger partial charge on any atom is 0.707 e. The molecule has 0 aromatic heterocycles. The van der Waals surface area contributed by atoms with Crippen LogP contribution in [0.3, 0.4) is 0 Å². The van der Waals surface area contributed by atoms with Gasteiger partial charge in [-0.1, -0.05) is 19.3 Å². The summed E-state index contributed by atoms with van der Waals surface area (Å²) < 4.78 is 4.48. The Bertz CT molecular complexity index is 141. The highest BCUT2D eigenvalue weighted by atomic mass is 16.6. The average Bonchev–Trinajstić information content (AvgIpc) is 2.05. The summed E-state index contributed by atoms with van der Waals surface area (Å²) >= 11 is 0. The normalized spacial score (nSPS) is 19.8. The molecule has 1 rings (SSSR count). The van der Waals surface area contributed by atoms with E-state index in [1.54, 1.807) is 0 Å². The summed E-state index contributed by atoms with van der Waals surface area (Å²) in [5, 5.41) is 16.7. The quantitative estimate of drug-likeness (QED) is 0.491. The van der Waals surface area contributed by atoms with Crippen molar-refractivity contribution < 1.29 is 14.7 Å². The van der Waals surface area contributed by atoms with E-state index in [1.165, 1.54) is 38.4 Å². The van der Waals surface area contributed by atoms with Crippen molar-refractivity contribution in [3.05, 3.63) is 12.3 Å². The monoisotopic (exact) mass is 170 g/mol. The van der Waals surface area contributed by atoms with E-state index >= 15 is 0 Å². The summed E-state index contributed by atoms with van der Waals surface area (Å²) in [4.78, 5) is 0. The van der Waals surface area contributed by atoms with Crippen LogP contribution in [0.2, 0.25) is 0 Å². The van der Waals surface area contributed by atoms with Crippen LogP contribution in [-0.2, 0) is 4.65 Å². The van der Waals surface area contributed by atoms with Gasteiger partial charge in [-0.25, -0.2) is 0 Å². The third-order valence-corrected chi connectivity index (χ3v) is 2.20. The lowest BCUT2D eigenvalue weighted by Crippen LogP contribution is -2.13. The highest BCUT2D eigenvalue weighted by Crippen LogP contribution is 2.24. The Kier molecular flexibility index (Phi) is 4.18. The first kappa shape index (κ1) is 9.61. The lowest BCUT2D eigenvalue weighted by molar-refractivity contribution is 0.255. The van der Waals surface area contributed by atoms with Crippen molar-refractivity contribution in [1.82, 2.24) is 0 Å². The SMILES string of the molecule is OB(O)OC=CC1CCCCC1. The maximum atomic E-state index is 8.36. The Balaban J connectivity index is 2.15. The van der Waals surface area contributed by atoms with Crippen molar-refractivity contribution in [1.29, 1.82) is 0 Å². The van der Waals surface area contributed by atoms with Gasteiger partial charge in [0.2, 0.25) is 0 Å². The average molecular weight is 170 g/mol. The van der Waals surface area contributed by atoms with Gasteiger partial charge in [-0.2, -0.15) is 0 Å². The van der Waals surface area contributed by atoms with Crippen LogP contribution in [0.15, 0.2) is 12.3 Å². The molecule has 3 nitrogen and oxygen atoms in total. The minimum atomic E-state index is -1.68. The first-order chi connectivity index (χ1) is 5.79. The third-order valence-electron chi connectivity index (χ3n) is 2.20. The van der Waals surface area contributed by atoms with Gasteiger partial charge in [0, 0.05) is 0 Å². The molecule has 68 valence electrons. The molecule has 0 spiro atoms. The summed E-state index contributed by atoms with van der Waals surface area (Å²) in [6, 6.07) is 0.